The predicted octanol–water partition coefficient (Wildman–Crippen LogP) is 1.56. The van der Waals surface area contributed by atoms with Crippen molar-refractivity contribution < 1.29 is 19.6 Å². The summed E-state index contributed by atoms with van der Waals surface area (Å²) in [4.78, 5) is 21.5. The lowest BCUT2D eigenvalue weighted by molar-refractivity contribution is -0.385. The molecule has 0 amide bonds. The molecule has 7 heteroatoms. The van der Waals surface area contributed by atoms with Crippen molar-refractivity contribution in [2.45, 2.75) is 25.4 Å². The van der Waals surface area contributed by atoms with Gasteiger partial charge in [0.1, 0.15) is 5.56 Å². The molecule has 108 valence electrons. The van der Waals surface area contributed by atoms with Crippen LogP contribution in [0, 0.1) is 10.1 Å². The number of nitrogens with zero attached hydrogens (tertiary/aromatic N) is 1. The van der Waals surface area contributed by atoms with Crippen LogP contribution in [0.5, 0.6) is 0 Å². The van der Waals surface area contributed by atoms with Crippen molar-refractivity contribution in [1.82, 2.24) is 5.32 Å². The zero-order valence-electron chi connectivity index (χ0n) is 10.9. The Morgan fingerprint density at radius 1 is 1.55 bits per heavy atom. The lowest BCUT2D eigenvalue weighted by Crippen LogP contribution is -2.36. The second kappa shape index (κ2) is 6.44. The minimum Gasteiger partial charge on any atom is -0.477 e. The summed E-state index contributed by atoms with van der Waals surface area (Å²) >= 11 is 0. The van der Waals surface area contributed by atoms with E-state index in [0.717, 1.165) is 19.4 Å². The van der Waals surface area contributed by atoms with Crippen LogP contribution in [-0.4, -0.2) is 35.3 Å². The van der Waals surface area contributed by atoms with Gasteiger partial charge in [-0.2, -0.15) is 0 Å². The van der Waals surface area contributed by atoms with Crippen LogP contribution in [0.4, 0.5) is 5.69 Å². The van der Waals surface area contributed by atoms with E-state index in [2.05, 4.69) is 5.32 Å². The molecule has 0 radical (unpaired) electrons. The Labute approximate surface area is 115 Å². The summed E-state index contributed by atoms with van der Waals surface area (Å²) in [6.45, 7) is 1.60. The molecule has 1 aromatic rings. The van der Waals surface area contributed by atoms with Crippen LogP contribution < -0.4 is 5.32 Å². The third-order valence-electron chi connectivity index (χ3n) is 3.28. The third kappa shape index (κ3) is 3.31. The van der Waals surface area contributed by atoms with Crippen molar-refractivity contribution in [2.75, 3.05) is 13.2 Å². The number of hydrogen-bond donors (Lipinski definition) is 2. The molecular formula is C13H16N2O5. The van der Waals surface area contributed by atoms with E-state index >= 15 is 0 Å². The minimum absolute atomic E-state index is 0.157. The zero-order valence-corrected chi connectivity index (χ0v) is 10.9. The van der Waals surface area contributed by atoms with Gasteiger partial charge in [-0.25, -0.2) is 4.79 Å². The standard InChI is InChI=1S/C13H16N2O5/c16-13(17)12-9(3-1-5-11(12)15(18)19)7-14-10-4-2-6-20-8-10/h1,3,5,10,14H,2,4,6-8H2,(H,16,17). The van der Waals surface area contributed by atoms with Gasteiger partial charge in [-0.1, -0.05) is 12.1 Å². The second-order valence-electron chi connectivity index (χ2n) is 4.67. The quantitative estimate of drug-likeness (QED) is 0.627. The van der Waals surface area contributed by atoms with Gasteiger partial charge in [0.15, 0.2) is 0 Å². The fourth-order valence-corrected chi connectivity index (χ4v) is 2.29. The number of carboxylic acids is 1. The predicted molar refractivity (Wildman–Crippen MR) is 70.7 cm³/mol. The molecule has 1 unspecified atom stereocenters. The van der Waals surface area contributed by atoms with Gasteiger partial charge in [-0.15, -0.1) is 0 Å². The molecule has 2 rings (SSSR count). The average molecular weight is 280 g/mol. The molecule has 1 aromatic carbocycles. The number of nitro benzene ring substituents is 1. The largest absolute Gasteiger partial charge is 0.477 e. The van der Waals surface area contributed by atoms with Crippen molar-refractivity contribution >= 4 is 11.7 Å². The summed E-state index contributed by atoms with van der Waals surface area (Å²) < 4.78 is 5.32. The smallest absolute Gasteiger partial charge is 0.343 e. The van der Waals surface area contributed by atoms with Gasteiger partial charge >= 0.3 is 5.97 Å². The topological polar surface area (TPSA) is 102 Å². The molecule has 1 saturated heterocycles. The first kappa shape index (κ1) is 14.4. The highest BCUT2D eigenvalue weighted by Gasteiger charge is 2.23. The Bertz CT molecular complexity index is 511. The lowest BCUT2D eigenvalue weighted by Gasteiger charge is -2.23. The van der Waals surface area contributed by atoms with Crippen LogP contribution in [0.1, 0.15) is 28.8 Å². The monoisotopic (exact) mass is 280 g/mol. The van der Waals surface area contributed by atoms with E-state index in [-0.39, 0.29) is 23.8 Å². The molecule has 0 aromatic heterocycles. The fraction of sp³-hybridized carbons (Fsp3) is 0.462. The van der Waals surface area contributed by atoms with E-state index < -0.39 is 10.9 Å². The van der Waals surface area contributed by atoms with E-state index in [4.69, 9.17) is 4.74 Å². The maximum absolute atomic E-state index is 11.2. The van der Waals surface area contributed by atoms with Crippen LogP contribution in [0.3, 0.4) is 0 Å². The summed E-state index contributed by atoms with van der Waals surface area (Å²) in [6.07, 6.45) is 1.91. The molecule has 1 aliphatic rings. The molecule has 1 heterocycles. The number of benzene rings is 1. The number of nitrogens with one attached hydrogen (secondary N) is 1. The molecule has 20 heavy (non-hydrogen) atoms. The number of nitro groups is 1. The molecule has 0 saturated carbocycles. The molecule has 0 spiro atoms. The van der Waals surface area contributed by atoms with Gasteiger partial charge in [0.25, 0.3) is 5.69 Å². The number of aromatic carboxylic acids is 1. The highest BCUT2D eigenvalue weighted by Crippen LogP contribution is 2.22. The first-order valence-corrected chi connectivity index (χ1v) is 6.40. The van der Waals surface area contributed by atoms with E-state index in [1.54, 1.807) is 6.07 Å². The number of rotatable bonds is 5. The van der Waals surface area contributed by atoms with Crippen LogP contribution in [0.25, 0.3) is 0 Å². The molecule has 1 aliphatic heterocycles. The van der Waals surface area contributed by atoms with Crippen LogP contribution in [0.2, 0.25) is 0 Å². The van der Waals surface area contributed by atoms with Crippen molar-refractivity contribution in [3.8, 4) is 0 Å². The first-order chi connectivity index (χ1) is 9.59. The van der Waals surface area contributed by atoms with Gasteiger partial charge in [0.05, 0.1) is 11.5 Å². The first-order valence-electron chi connectivity index (χ1n) is 6.40. The van der Waals surface area contributed by atoms with Crippen LogP contribution in [-0.2, 0) is 11.3 Å². The molecule has 1 atom stereocenters. The summed E-state index contributed by atoms with van der Waals surface area (Å²) in [6, 6.07) is 4.45. The highest BCUT2D eigenvalue weighted by atomic mass is 16.6. The highest BCUT2D eigenvalue weighted by molar-refractivity contribution is 5.94. The average Bonchev–Trinajstić information content (AvgIpc) is 2.45. The van der Waals surface area contributed by atoms with Crippen molar-refractivity contribution in [3.63, 3.8) is 0 Å². The molecule has 2 N–H and O–H groups in total. The van der Waals surface area contributed by atoms with Gasteiger partial charge in [0, 0.05) is 25.3 Å². The number of carbonyl (C=O) groups is 1. The Hall–Kier alpha value is -1.99. The van der Waals surface area contributed by atoms with Gasteiger partial charge < -0.3 is 15.2 Å². The van der Waals surface area contributed by atoms with Gasteiger partial charge in [-0.3, -0.25) is 10.1 Å². The Balaban J connectivity index is 2.16. The Kier molecular flexibility index (Phi) is 4.65. The van der Waals surface area contributed by atoms with Crippen LogP contribution in [0.15, 0.2) is 18.2 Å². The van der Waals surface area contributed by atoms with Gasteiger partial charge in [-0.05, 0) is 18.4 Å². The van der Waals surface area contributed by atoms with E-state index in [0.29, 0.717) is 12.2 Å². The number of hydrogen-bond acceptors (Lipinski definition) is 5. The van der Waals surface area contributed by atoms with E-state index in [9.17, 15) is 20.0 Å². The summed E-state index contributed by atoms with van der Waals surface area (Å²) in [5.41, 5.74) is -0.212. The van der Waals surface area contributed by atoms with Gasteiger partial charge in [0.2, 0.25) is 0 Å². The van der Waals surface area contributed by atoms with Crippen molar-refractivity contribution in [1.29, 1.82) is 0 Å². The summed E-state index contributed by atoms with van der Waals surface area (Å²) in [5, 5.41) is 23.2. The normalized spacial score (nSPS) is 18.7. The maximum Gasteiger partial charge on any atom is 0.343 e. The third-order valence-corrected chi connectivity index (χ3v) is 3.28. The molecular weight excluding hydrogens is 264 g/mol. The SMILES string of the molecule is O=C(O)c1c(CNC2CCCOC2)cccc1[N+](=O)[O-]. The lowest BCUT2D eigenvalue weighted by atomic mass is 10.0. The zero-order chi connectivity index (χ0) is 14.5. The molecule has 0 bridgehead atoms. The minimum atomic E-state index is -1.28. The summed E-state index contributed by atoms with van der Waals surface area (Å²) in [7, 11) is 0. The Morgan fingerprint density at radius 2 is 2.35 bits per heavy atom. The van der Waals surface area contributed by atoms with E-state index in [1.165, 1.54) is 12.1 Å². The molecule has 0 aliphatic carbocycles. The van der Waals surface area contributed by atoms with E-state index in [1.807, 2.05) is 0 Å². The molecule has 7 nitrogen and oxygen atoms in total. The Morgan fingerprint density at radius 3 is 2.95 bits per heavy atom. The van der Waals surface area contributed by atoms with Crippen LogP contribution >= 0.6 is 0 Å². The van der Waals surface area contributed by atoms with Crippen molar-refractivity contribution in [2.24, 2.45) is 0 Å². The second-order valence-corrected chi connectivity index (χ2v) is 4.67. The van der Waals surface area contributed by atoms with Crippen molar-refractivity contribution in [3.05, 3.63) is 39.4 Å². The summed E-state index contributed by atoms with van der Waals surface area (Å²) in [5.74, 6) is -1.28. The fourth-order valence-electron chi connectivity index (χ4n) is 2.29. The maximum atomic E-state index is 11.2. The number of ether oxygens (including phenoxy) is 1. The molecule has 1 fully saturated rings. The number of carboxylic acid groups (broad SMARTS) is 1.